The van der Waals surface area contributed by atoms with E-state index in [1.54, 1.807) is 0 Å². The molecule has 5 heteroatoms. The Labute approximate surface area is 87.7 Å². The SMILES string of the molecule is CC(=O)c1c(O)cc(Br)cc1C(F)F. The molecular formula is C9H7BrF2O2. The van der Waals surface area contributed by atoms with Crippen LogP contribution in [0.15, 0.2) is 16.6 Å². The van der Waals surface area contributed by atoms with Crippen LogP contribution in [-0.2, 0) is 0 Å². The summed E-state index contributed by atoms with van der Waals surface area (Å²) in [5.74, 6) is -1.01. The first-order valence-corrected chi connectivity index (χ1v) is 4.54. The van der Waals surface area contributed by atoms with Gasteiger partial charge in [0.05, 0.1) is 5.56 Å². The Kier molecular flexibility index (Phi) is 3.21. The molecule has 76 valence electrons. The fourth-order valence-corrected chi connectivity index (χ4v) is 1.63. The number of benzene rings is 1. The highest BCUT2D eigenvalue weighted by molar-refractivity contribution is 9.10. The zero-order chi connectivity index (χ0) is 10.9. The van der Waals surface area contributed by atoms with E-state index < -0.39 is 23.5 Å². The molecule has 0 radical (unpaired) electrons. The molecule has 0 saturated heterocycles. The van der Waals surface area contributed by atoms with Gasteiger partial charge in [-0.1, -0.05) is 15.9 Å². The third-order valence-electron chi connectivity index (χ3n) is 1.70. The van der Waals surface area contributed by atoms with E-state index in [1.165, 1.54) is 6.07 Å². The third-order valence-corrected chi connectivity index (χ3v) is 2.16. The summed E-state index contributed by atoms with van der Waals surface area (Å²) in [5.41, 5.74) is -0.771. The van der Waals surface area contributed by atoms with E-state index in [9.17, 15) is 18.7 Å². The molecule has 1 aromatic rings. The van der Waals surface area contributed by atoms with Crippen molar-refractivity contribution < 1.29 is 18.7 Å². The number of Topliss-reactive ketones (excluding diaryl/α,β-unsaturated/α-hetero) is 1. The average Bonchev–Trinajstić information content (AvgIpc) is 2.01. The van der Waals surface area contributed by atoms with Gasteiger partial charge in [0, 0.05) is 10.0 Å². The van der Waals surface area contributed by atoms with E-state index in [1.807, 2.05) is 0 Å². The second kappa shape index (κ2) is 4.04. The first kappa shape index (κ1) is 11.1. The lowest BCUT2D eigenvalue weighted by Crippen LogP contribution is -2.00. The van der Waals surface area contributed by atoms with Crippen molar-refractivity contribution in [1.29, 1.82) is 0 Å². The van der Waals surface area contributed by atoms with Crippen molar-refractivity contribution in [2.75, 3.05) is 0 Å². The van der Waals surface area contributed by atoms with Crippen LogP contribution < -0.4 is 0 Å². The minimum Gasteiger partial charge on any atom is -0.507 e. The van der Waals surface area contributed by atoms with Gasteiger partial charge in [-0.2, -0.15) is 0 Å². The molecule has 0 heterocycles. The molecule has 0 aromatic heterocycles. The molecule has 0 spiro atoms. The minimum atomic E-state index is -2.78. The second-order valence-electron chi connectivity index (χ2n) is 2.75. The zero-order valence-electron chi connectivity index (χ0n) is 7.22. The van der Waals surface area contributed by atoms with Crippen molar-refractivity contribution in [3.05, 3.63) is 27.7 Å². The van der Waals surface area contributed by atoms with Crippen LogP contribution in [-0.4, -0.2) is 10.9 Å². The molecule has 2 nitrogen and oxygen atoms in total. The summed E-state index contributed by atoms with van der Waals surface area (Å²) in [5, 5.41) is 9.31. The number of carbonyl (C=O) groups excluding carboxylic acids is 1. The van der Waals surface area contributed by atoms with Crippen LogP contribution in [0.5, 0.6) is 5.75 Å². The molecule has 0 saturated carbocycles. The molecule has 0 bridgehead atoms. The maximum absolute atomic E-state index is 12.5. The molecule has 0 aliphatic heterocycles. The molecule has 1 N–H and O–H groups in total. The number of rotatable bonds is 2. The van der Waals surface area contributed by atoms with Crippen molar-refractivity contribution in [2.45, 2.75) is 13.3 Å². The van der Waals surface area contributed by atoms with Crippen LogP contribution in [0.3, 0.4) is 0 Å². The molecule has 1 aromatic carbocycles. The predicted molar refractivity (Wildman–Crippen MR) is 50.8 cm³/mol. The van der Waals surface area contributed by atoms with Gasteiger partial charge in [-0.15, -0.1) is 0 Å². The molecule has 0 aliphatic carbocycles. The van der Waals surface area contributed by atoms with Crippen molar-refractivity contribution >= 4 is 21.7 Å². The first-order chi connectivity index (χ1) is 6.43. The number of hydrogen-bond donors (Lipinski definition) is 1. The van der Waals surface area contributed by atoms with Gasteiger partial charge in [0.1, 0.15) is 5.75 Å². The number of halogens is 3. The number of carbonyl (C=O) groups is 1. The highest BCUT2D eigenvalue weighted by atomic mass is 79.9. The van der Waals surface area contributed by atoms with Crippen LogP contribution in [0.1, 0.15) is 29.3 Å². The topological polar surface area (TPSA) is 37.3 Å². The summed E-state index contributed by atoms with van der Waals surface area (Å²) in [6.07, 6.45) is -2.78. The number of aromatic hydroxyl groups is 1. The second-order valence-corrected chi connectivity index (χ2v) is 3.66. The van der Waals surface area contributed by atoms with Gasteiger partial charge in [0.15, 0.2) is 5.78 Å². The number of ketones is 1. The Morgan fingerprint density at radius 3 is 2.50 bits per heavy atom. The Morgan fingerprint density at radius 2 is 2.07 bits per heavy atom. The van der Waals surface area contributed by atoms with Crippen molar-refractivity contribution in [2.24, 2.45) is 0 Å². The molecule has 0 fully saturated rings. The van der Waals surface area contributed by atoms with Gasteiger partial charge in [0.25, 0.3) is 6.43 Å². The van der Waals surface area contributed by atoms with Gasteiger partial charge in [-0.3, -0.25) is 4.79 Å². The van der Waals surface area contributed by atoms with E-state index in [-0.39, 0.29) is 5.56 Å². The summed E-state index contributed by atoms with van der Waals surface area (Å²) >= 11 is 2.96. The Balaban J connectivity index is 3.44. The van der Waals surface area contributed by atoms with Crippen molar-refractivity contribution in [3.8, 4) is 5.75 Å². The maximum atomic E-state index is 12.5. The molecule has 0 amide bonds. The van der Waals surface area contributed by atoms with Gasteiger partial charge in [-0.05, 0) is 19.1 Å². The lowest BCUT2D eigenvalue weighted by Gasteiger charge is -2.08. The predicted octanol–water partition coefficient (Wildman–Crippen LogP) is 3.29. The number of alkyl halides is 2. The van der Waals surface area contributed by atoms with Gasteiger partial charge in [0.2, 0.25) is 0 Å². The molecule has 1 rings (SSSR count). The summed E-state index contributed by atoms with van der Waals surface area (Å²) in [6.45, 7) is 1.13. The van der Waals surface area contributed by atoms with Crippen molar-refractivity contribution in [1.82, 2.24) is 0 Å². The fraction of sp³-hybridized carbons (Fsp3) is 0.222. The van der Waals surface area contributed by atoms with E-state index in [4.69, 9.17) is 0 Å². The molecule has 0 atom stereocenters. The maximum Gasteiger partial charge on any atom is 0.264 e. The van der Waals surface area contributed by atoms with Crippen LogP contribution in [0.2, 0.25) is 0 Å². The fourth-order valence-electron chi connectivity index (χ4n) is 1.17. The summed E-state index contributed by atoms with van der Waals surface area (Å²) in [6, 6.07) is 2.34. The van der Waals surface area contributed by atoms with Crippen LogP contribution in [0.4, 0.5) is 8.78 Å². The molecule has 0 aliphatic rings. The molecule has 0 unspecified atom stereocenters. The van der Waals surface area contributed by atoms with E-state index in [0.717, 1.165) is 13.0 Å². The Hall–Kier alpha value is -0.970. The average molecular weight is 265 g/mol. The lowest BCUT2D eigenvalue weighted by atomic mass is 10.0. The monoisotopic (exact) mass is 264 g/mol. The largest absolute Gasteiger partial charge is 0.507 e. The summed E-state index contributed by atoms with van der Waals surface area (Å²) in [4.78, 5) is 11.0. The smallest absolute Gasteiger partial charge is 0.264 e. The van der Waals surface area contributed by atoms with Gasteiger partial charge < -0.3 is 5.11 Å². The van der Waals surface area contributed by atoms with Crippen LogP contribution in [0.25, 0.3) is 0 Å². The lowest BCUT2D eigenvalue weighted by molar-refractivity contribution is 0.0995. The third kappa shape index (κ3) is 2.09. The van der Waals surface area contributed by atoms with Crippen molar-refractivity contribution in [3.63, 3.8) is 0 Å². The highest BCUT2D eigenvalue weighted by Crippen LogP contribution is 2.33. The summed E-state index contributed by atoms with van der Waals surface area (Å²) < 4.78 is 25.2. The number of hydrogen-bond acceptors (Lipinski definition) is 2. The van der Waals surface area contributed by atoms with Crippen LogP contribution >= 0.6 is 15.9 Å². The standard InChI is InChI=1S/C9H7BrF2O2/c1-4(13)8-6(9(11)12)2-5(10)3-7(8)14/h2-3,9,14H,1H3. The normalized spacial score (nSPS) is 10.6. The minimum absolute atomic E-state index is 0.315. The first-order valence-electron chi connectivity index (χ1n) is 3.75. The summed E-state index contributed by atoms with van der Waals surface area (Å²) in [7, 11) is 0. The molecule has 14 heavy (non-hydrogen) atoms. The zero-order valence-corrected chi connectivity index (χ0v) is 8.81. The van der Waals surface area contributed by atoms with E-state index in [0.29, 0.717) is 4.47 Å². The Morgan fingerprint density at radius 1 is 1.50 bits per heavy atom. The van der Waals surface area contributed by atoms with Gasteiger partial charge in [-0.25, -0.2) is 8.78 Å². The Bertz CT molecular complexity index is 377. The highest BCUT2D eigenvalue weighted by Gasteiger charge is 2.20. The van der Waals surface area contributed by atoms with Gasteiger partial charge >= 0.3 is 0 Å². The van der Waals surface area contributed by atoms with E-state index >= 15 is 0 Å². The quantitative estimate of drug-likeness (QED) is 0.833. The molecular weight excluding hydrogens is 258 g/mol. The van der Waals surface area contributed by atoms with E-state index in [2.05, 4.69) is 15.9 Å². The number of phenols is 1. The van der Waals surface area contributed by atoms with Crippen LogP contribution in [0, 0.1) is 0 Å². The number of phenolic OH excluding ortho intramolecular Hbond substituents is 1.